The van der Waals surface area contributed by atoms with Crippen molar-refractivity contribution < 1.29 is 22.4 Å². The number of hydrogen-bond acceptors (Lipinski definition) is 1. The standard InChI is InChI=1S/C8H5F4NO/c9-8(10,11)6-3-1-5(2-4-6)7(14)13-12/h1-4H,(H,13,14). The molecule has 0 spiro atoms. The van der Waals surface area contributed by atoms with Gasteiger partial charge in [-0.05, 0) is 24.3 Å². The molecule has 0 radical (unpaired) electrons. The summed E-state index contributed by atoms with van der Waals surface area (Å²) in [7, 11) is 0. The zero-order valence-corrected chi connectivity index (χ0v) is 6.73. The Bertz CT molecular complexity index is 330. The highest BCUT2D eigenvalue weighted by Gasteiger charge is 2.30. The highest BCUT2D eigenvalue weighted by molar-refractivity contribution is 5.93. The predicted octanol–water partition coefficient (Wildman–Crippen LogP) is 2.32. The van der Waals surface area contributed by atoms with Gasteiger partial charge in [0.1, 0.15) is 0 Å². The van der Waals surface area contributed by atoms with Crippen LogP contribution in [0.5, 0.6) is 0 Å². The van der Waals surface area contributed by atoms with E-state index in [4.69, 9.17) is 0 Å². The van der Waals surface area contributed by atoms with Gasteiger partial charge in [0.05, 0.1) is 5.56 Å². The fourth-order valence-electron chi connectivity index (χ4n) is 0.865. The molecule has 0 unspecified atom stereocenters. The Kier molecular flexibility index (Phi) is 2.73. The number of carbonyl (C=O) groups excluding carboxylic acids is 1. The molecule has 76 valence electrons. The van der Waals surface area contributed by atoms with E-state index < -0.39 is 17.6 Å². The minimum absolute atomic E-state index is 0.166. The van der Waals surface area contributed by atoms with Crippen molar-refractivity contribution >= 4 is 5.91 Å². The number of benzene rings is 1. The lowest BCUT2D eigenvalue weighted by Crippen LogP contribution is -2.14. The highest BCUT2D eigenvalue weighted by Crippen LogP contribution is 2.28. The van der Waals surface area contributed by atoms with E-state index in [0.717, 1.165) is 17.7 Å². The maximum atomic E-state index is 12.0. The van der Waals surface area contributed by atoms with Gasteiger partial charge in [-0.1, -0.05) is 4.48 Å². The summed E-state index contributed by atoms with van der Waals surface area (Å²) in [5.41, 5.74) is -0.228. The third-order valence-electron chi connectivity index (χ3n) is 1.56. The zero-order valence-electron chi connectivity index (χ0n) is 6.73. The van der Waals surface area contributed by atoms with Crippen LogP contribution in [0.15, 0.2) is 24.3 Å². The average molecular weight is 207 g/mol. The van der Waals surface area contributed by atoms with E-state index in [9.17, 15) is 22.4 Å². The Morgan fingerprint density at radius 2 is 1.64 bits per heavy atom. The van der Waals surface area contributed by atoms with Crippen LogP contribution in [0, 0.1) is 0 Å². The number of alkyl halides is 3. The molecular formula is C8H5F4NO. The number of halogens is 4. The van der Waals surface area contributed by atoms with E-state index >= 15 is 0 Å². The third kappa shape index (κ3) is 2.21. The monoisotopic (exact) mass is 207 g/mol. The van der Waals surface area contributed by atoms with Gasteiger partial charge in [0, 0.05) is 5.56 Å². The molecule has 0 aliphatic rings. The van der Waals surface area contributed by atoms with Crippen molar-refractivity contribution in [3.05, 3.63) is 35.4 Å². The first-order valence-electron chi connectivity index (χ1n) is 3.53. The fourth-order valence-corrected chi connectivity index (χ4v) is 0.865. The molecule has 1 amide bonds. The molecule has 0 aromatic heterocycles. The summed E-state index contributed by atoms with van der Waals surface area (Å²) in [5, 5.41) is 0. The SMILES string of the molecule is O=C(NF)c1ccc(C(F)(F)F)cc1. The second-order valence-electron chi connectivity index (χ2n) is 2.50. The molecule has 2 nitrogen and oxygen atoms in total. The van der Waals surface area contributed by atoms with E-state index in [0.29, 0.717) is 12.1 Å². The molecule has 0 saturated carbocycles. The van der Waals surface area contributed by atoms with Crippen molar-refractivity contribution in [1.29, 1.82) is 0 Å². The number of carbonyl (C=O) groups is 1. The molecular weight excluding hydrogens is 202 g/mol. The average Bonchev–Trinajstić information content (AvgIpc) is 2.15. The van der Waals surface area contributed by atoms with Gasteiger partial charge in [0.2, 0.25) is 0 Å². The first kappa shape index (κ1) is 10.5. The molecule has 1 N–H and O–H groups in total. The van der Waals surface area contributed by atoms with Gasteiger partial charge in [0.25, 0.3) is 5.91 Å². The third-order valence-corrected chi connectivity index (χ3v) is 1.56. The van der Waals surface area contributed by atoms with Crippen LogP contribution in [0.2, 0.25) is 0 Å². The van der Waals surface area contributed by atoms with Gasteiger partial charge >= 0.3 is 6.18 Å². The lowest BCUT2D eigenvalue weighted by atomic mass is 10.1. The fraction of sp³-hybridized carbons (Fsp3) is 0.125. The second-order valence-corrected chi connectivity index (χ2v) is 2.50. The van der Waals surface area contributed by atoms with Gasteiger partial charge in [-0.2, -0.15) is 18.7 Å². The van der Waals surface area contributed by atoms with Gasteiger partial charge in [-0.25, -0.2) is 0 Å². The normalized spacial score (nSPS) is 11.1. The van der Waals surface area contributed by atoms with Crippen molar-refractivity contribution in [1.82, 2.24) is 5.54 Å². The van der Waals surface area contributed by atoms with Crippen LogP contribution in [0.1, 0.15) is 15.9 Å². The molecule has 0 atom stereocenters. The van der Waals surface area contributed by atoms with E-state index in [1.807, 2.05) is 0 Å². The predicted molar refractivity (Wildman–Crippen MR) is 40.0 cm³/mol. The van der Waals surface area contributed by atoms with E-state index in [1.165, 1.54) is 0 Å². The Hall–Kier alpha value is -1.59. The second kappa shape index (κ2) is 3.65. The van der Waals surface area contributed by atoms with Crippen molar-refractivity contribution in [2.24, 2.45) is 0 Å². The number of amides is 1. The highest BCUT2D eigenvalue weighted by atomic mass is 19.4. The van der Waals surface area contributed by atoms with Gasteiger partial charge in [0.15, 0.2) is 0 Å². The molecule has 6 heteroatoms. The van der Waals surface area contributed by atoms with Crippen molar-refractivity contribution in [3.63, 3.8) is 0 Å². The molecule has 0 saturated heterocycles. The van der Waals surface area contributed by atoms with Crippen molar-refractivity contribution in [3.8, 4) is 0 Å². The largest absolute Gasteiger partial charge is 0.416 e. The minimum atomic E-state index is -4.45. The summed E-state index contributed by atoms with van der Waals surface area (Å²) >= 11 is 0. The van der Waals surface area contributed by atoms with Crippen LogP contribution in [-0.4, -0.2) is 5.91 Å². The molecule has 0 bridgehead atoms. The van der Waals surface area contributed by atoms with E-state index in [1.54, 1.807) is 0 Å². The van der Waals surface area contributed by atoms with Crippen LogP contribution in [0.25, 0.3) is 0 Å². The van der Waals surface area contributed by atoms with Gasteiger partial charge in [-0.3, -0.25) is 4.79 Å². The Labute approximate surface area is 76.5 Å². The van der Waals surface area contributed by atoms with Crippen molar-refractivity contribution in [2.75, 3.05) is 0 Å². The molecule has 0 aliphatic carbocycles. The summed E-state index contributed by atoms with van der Waals surface area (Å²) in [6, 6.07) is 3.23. The van der Waals surface area contributed by atoms with Crippen LogP contribution >= 0.6 is 0 Å². The van der Waals surface area contributed by atoms with Gasteiger partial charge < -0.3 is 0 Å². The molecule has 1 rings (SSSR count). The lowest BCUT2D eigenvalue weighted by Gasteiger charge is -2.06. The summed E-state index contributed by atoms with van der Waals surface area (Å²) in [5.74, 6) is -1.07. The summed E-state index contributed by atoms with van der Waals surface area (Å²) < 4.78 is 47.7. The first-order chi connectivity index (χ1) is 6.45. The van der Waals surface area contributed by atoms with Crippen LogP contribution in [0.4, 0.5) is 17.7 Å². The van der Waals surface area contributed by atoms with Gasteiger partial charge in [-0.15, -0.1) is 0 Å². The Morgan fingerprint density at radius 3 is 2.00 bits per heavy atom. The molecule has 14 heavy (non-hydrogen) atoms. The molecule has 0 aliphatic heterocycles. The minimum Gasteiger partial charge on any atom is -0.267 e. The van der Waals surface area contributed by atoms with E-state index in [2.05, 4.69) is 0 Å². The molecule has 1 aromatic rings. The summed E-state index contributed by atoms with van der Waals surface area (Å²) in [6.07, 6.45) is -4.45. The summed E-state index contributed by atoms with van der Waals surface area (Å²) in [4.78, 5) is 10.6. The first-order valence-corrected chi connectivity index (χ1v) is 3.53. The van der Waals surface area contributed by atoms with Crippen molar-refractivity contribution in [2.45, 2.75) is 6.18 Å². The number of hydrogen-bond donors (Lipinski definition) is 1. The number of nitrogens with one attached hydrogen (secondary N) is 1. The molecule has 1 aromatic carbocycles. The number of rotatable bonds is 1. The maximum Gasteiger partial charge on any atom is 0.416 e. The van der Waals surface area contributed by atoms with E-state index in [-0.39, 0.29) is 5.56 Å². The lowest BCUT2D eigenvalue weighted by molar-refractivity contribution is -0.137. The smallest absolute Gasteiger partial charge is 0.267 e. The molecule has 0 fully saturated rings. The Balaban J connectivity index is 2.95. The topological polar surface area (TPSA) is 29.1 Å². The summed E-state index contributed by atoms with van der Waals surface area (Å²) in [6.45, 7) is 0. The zero-order chi connectivity index (χ0) is 10.8. The van der Waals surface area contributed by atoms with Crippen LogP contribution in [0.3, 0.4) is 0 Å². The Morgan fingerprint density at radius 1 is 1.14 bits per heavy atom. The van der Waals surface area contributed by atoms with Crippen LogP contribution < -0.4 is 5.54 Å². The maximum absolute atomic E-state index is 12.0. The molecule has 0 heterocycles. The van der Waals surface area contributed by atoms with Crippen LogP contribution in [-0.2, 0) is 6.18 Å². The quantitative estimate of drug-likeness (QED) is 0.555.